The fraction of sp³-hybridized carbons (Fsp3) is 0.933. The van der Waals surface area contributed by atoms with Crippen molar-refractivity contribution in [3.05, 3.63) is 0 Å². The number of carbonyl (C=O) groups is 1. The standard InChI is InChI=1S/C15H26N2O/c1-11(2)6-15(4-3-5-15)14(18)17-9-12-7-16-8-13(12)10-17/h11-13,16H,3-10H2,1-2H3/t12-,13+. The number of hydrogen-bond acceptors (Lipinski definition) is 2. The minimum atomic E-state index is 0.0280. The highest BCUT2D eigenvalue weighted by Crippen LogP contribution is 2.48. The summed E-state index contributed by atoms with van der Waals surface area (Å²) in [6.45, 7) is 8.75. The topological polar surface area (TPSA) is 32.3 Å². The second-order valence-electron chi connectivity index (χ2n) is 7.12. The zero-order chi connectivity index (χ0) is 12.8. The van der Waals surface area contributed by atoms with Crippen LogP contribution in [0.4, 0.5) is 0 Å². The molecule has 0 aromatic carbocycles. The maximum atomic E-state index is 12.8. The minimum Gasteiger partial charge on any atom is -0.342 e. The quantitative estimate of drug-likeness (QED) is 0.829. The molecule has 2 aliphatic heterocycles. The molecule has 0 radical (unpaired) electrons. The van der Waals surface area contributed by atoms with Gasteiger partial charge in [0.15, 0.2) is 0 Å². The van der Waals surface area contributed by atoms with Gasteiger partial charge in [-0.15, -0.1) is 0 Å². The Morgan fingerprint density at radius 2 is 1.89 bits per heavy atom. The molecule has 2 atom stereocenters. The highest BCUT2D eigenvalue weighted by molar-refractivity contribution is 5.84. The van der Waals surface area contributed by atoms with Gasteiger partial charge in [-0.05, 0) is 37.0 Å². The molecule has 3 rings (SSSR count). The highest BCUT2D eigenvalue weighted by atomic mass is 16.2. The first-order valence-electron chi connectivity index (χ1n) is 7.61. The molecule has 2 heterocycles. The predicted octanol–water partition coefficient (Wildman–Crippen LogP) is 1.88. The Hall–Kier alpha value is -0.570. The third-order valence-electron chi connectivity index (χ3n) is 5.24. The van der Waals surface area contributed by atoms with Gasteiger partial charge in [0, 0.05) is 31.6 Å². The van der Waals surface area contributed by atoms with Crippen molar-refractivity contribution in [1.82, 2.24) is 10.2 Å². The lowest BCUT2D eigenvalue weighted by molar-refractivity contribution is -0.148. The summed E-state index contributed by atoms with van der Waals surface area (Å²) in [5.41, 5.74) is 0.0280. The zero-order valence-corrected chi connectivity index (χ0v) is 11.7. The smallest absolute Gasteiger partial charge is 0.228 e. The van der Waals surface area contributed by atoms with Crippen molar-refractivity contribution in [3.63, 3.8) is 0 Å². The molecule has 0 aromatic heterocycles. The fourth-order valence-corrected chi connectivity index (χ4v) is 4.25. The van der Waals surface area contributed by atoms with Gasteiger partial charge in [0.25, 0.3) is 0 Å². The molecule has 3 aliphatic rings. The number of nitrogens with zero attached hydrogens (tertiary/aromatic N) is 1. The van der Waals surface area contributed by atoms with E-state index in [0.717, 1.165) is 57.3 Å². The lowest BCUT2D eigenvalue weighted by Gasteiger charge is -2.44. The summed E-state index contributed by atoms with van der Waals surface area (Å²) in [5, 5.41) is 3.44. The second-order valence-corrected chi connectivity index (χ2v) is 7.12. The number of rotatable bonds is 3. The van der Waals surface area contributed by atoms with Crippen LogP contribution < -0.4 is 5.32 Å². The maximum Gasteiger partial charge on any atom is 0.228 e. The molecule has 1 aliphatic carbocycles. The third kappa shape index (κ3) is 1.97. The molecule has 3 fully saturated rings. The van der Waals surface area contributed by atoms with Crippen LogP contribution in [0, 0.1) is 23.2 Å². The summed E-state index contributed by atoms with van der Waals surface area (Å²) in [5.74, 6) is 2.57. The van der Waals surface area contributed by atoms with Crippen LogP contribution in [-0.4, -0.2) is 37.0 Å². The molecule has 0 aromatic rings. The Kier molecular flexibility index (Phi) is 3.13. The van der Waals surface area contributed by atoms with Crippen LogP contribution in [0.25, 0.3) is 0 Å². The molecule has 0 bridgehead atoms. The van der Waals surface area contributed by atoms with E-state index in [1.165, 1.54) is 6.42 Å². The number of nitrogens with one attached hydrogen (secondary N) is 1. The lowest BCUT2D eigenvalue weighted by Crippen LogP contribution is -2.48. The van der Waals surface area contributed by atoms with E-state index in [-0.39, 0.29) is 5.41 Å². The van der Waals surface area contributed by atoms with Gasteiger partial charge in [-0.25, -0.2) is 0 Å². The SMILES string of the molecule is CC(C)CC1(C(=O)N2C[C@H]3CNC[C@H]3C2)CCC1. The number of likely N-dealkylation sites (tertiary alicyclic amines) is 1. The number of hydrogen-bond donors (Lipinski definition) is 1. The van der Waals surface area contributed by atoms with E-state index >= 15 is 0 Å². The first-order chi connectivity index (χ1) is 8.61. The van der Waals surface area contributed by atoms with Crippen molar-refractivity contribution in [3.8, 4) is 0 Å². The lowest BCUT2D eigenvalue weighted by atomic mass is 9.63. The van der Waals surface area contributed by atoms with Gasteiger partial charge in [-0.2, -0.15) is 0 Å². The Morgan fingerprint density at radius 1 is 1.28 bits per heavy atom. The first-order valence-corrected chi connectivity index (χ1v) is 7.61. The third-order valence-corrected chi connectivity index (χ3v) is 5.24. The second kappa shape index (κ2) is 4.52. The van der Waals surface area contributed by atoms with Crippen LogP contribution in [0.15, 0.2) is 0 Å². The van der Waals surface area contributed by atoms with Crippen molar-refractivity contribution >= 4 is 5.91 Å². The molecule has 0 unspecified atom stereocenters. The van der Waals surface area contributed by atoms with E-state index in [1.807, 2.05) is 0 Å². The summed E-state index contributed by atoms with van der Waals surface area (Å²) < 4.78 is 0. The minimum absolute atomic E-state index is 0.0280. The van der Waals surface area contributed by atoms with Crippen LogP contribution in [0.5, 0.6) is 0 Å². The van der Waals surface area contributed by atoms with Gasteiger partial charge in [-0.3, -0.25) is 4.79 Å². The van der Waals surface area contributed by atoms with Crippen LogP contribution in [0.3, 0.4) is 0 Å². The van der Waals surface area contributed by atoms with Crippen molar-refractivity contribution in [1.29, 1.82) is 0 Å². The van der Waals surface area contributed by atoms with Gasteiger partial charge in [0.1, 0.15) is 0 Å². The van der Waals surface area contributed by atoms with E-state index in [1.54, 1.807) is 0 Å². The Bertz CT molecular complexity index is 323. The fourth-order valence-electron chi connectivity index (χ4n) is 4.25. The summed E-state index contributed by atoms with van der Waals surface area (Å²) >= 11 is 0. The number of amides is 1. The van der Waals surface area contributed by atoms with E-state index in [2.05, 4.69) is 24.1 Å². The normalized spacial score (nSPS) is 33.6. The van der Waals surface area contributed by atoms with Crippen LogP contribution >= 0.6 is 0 Å². The van der Waals surface area contributed by atoms with Crippen LogP contribution in [-0.2, 0) is 4.79 Å². The maximum absolute atomic E-state index is 12.8. The molecule has 3 heteroatoms. The molecule has 2 saturated heterocycles. The molecule has 3 nitrogen and oxygen atoms in total. The molecule has 1 N–H and O–H groups in total. The largest absolute Gasteiger partial charge is 0.342 e. The monoisotopic (exact) mass is 250 g/mol. The average Bonchev–Trinajstić information content (AvgIpc) is 2.81. The summed E-state index contributed by atoms with van der Waals surface area (Å²) in [6, 6.07) is 0. The van der Waals surface area contributed by atoms with Crippen LogP contribution in [0.2, 0.25) is 0 Å². The van der Waals surface area contributed by atoms with E-state index in [0.29, 0.717) is 11.8 Å². The van der Waals surface area contributed by atoms with Gasteiger partial charge in [-0.1, -0.05) is 20.3 Å². The van der Waals surface area contributed by atoms with Gasteiger partial charge in [0.05, 0.1) is 0 Å². The van der Waals surface area contributed by atoms with Crippen molar-refractivity contribution in [2.45, 2.75) is 39.5 Å². The Morgan fingerprint density at radius 3 is 2.33 bits per heavy atom. The average molecular weight is 250 g/mol. The molecule has 0 spiro atoms. The van der Waals surface area contributed by atoms with Crippen molar-refractivity contribution in [2.24, 2.45) is 23.2 Å². The van der Waals surface area contributed by atoms with Crippen molar-refractivity contribution in [2.75, 3.05) is 26.2 Å². The van der Waals surface area contributed by atoms with E-state index < -0.39 is 0 Å². The van der Waals surface area contributed by atoms with Crippen LogP contribution in [0.1, 0.15) is 39.5 Å². The first kappa shape index (κ1) is 12.5. The number of carbonyl (C=O) groups excluding carboxylic acids is 1. The number of fused-ring (bicyclic) bond motifs is 1. The highest BCUT2D eigenvalue weighted by Gasteiger charge is 2.49. The molecule has 18 heavy (non-hydrogen) atoms. The Labute approximate surface area is 110 Å². The molecule has 1 amide bonds. The predicted molar refractivity (Wildman–Crippen MR) is 72.2 cm³/mol. The van der Waals surface area contributed by atoms with E-state index in [4.69, 9.17) is 0 Å². The van der Waals surface area contributed by atoms with Gasteiger partial charge < -0.3 is 10.2 Å². The molecular weight excluding hydrogens is 224 g/mol. The van der Waals surface area contributed by atoms with Gasteiger partial charge in [0.2, 0.25) is 5.91 Å². The summed E-state index contributed by atoms with van der Waals surface area (Å²) in [4.78, 5) is 15.0. The molecule has 102 valence electrons. The van der Waals surface area contributed by atoms with E-state index in [9.17, 15) is 4.79 Å². The summed E-state index contributed by atoms with van der Waals surface area (Å²) in [6.07, 6.45) is 4.61. The summed E-state index contributed by atoms with van der Waals surface area (Å²) in [7, 11) is 0. The van der Waals surface area contributed by atoms with Crippen molar-refractivity contribution < 1.29 is 4.79 Å². The molecule has 1 saturated carbocycles. The van der Waals surface area contributed by atoms with Gasteiger partial charge >= 0.3 is 0 Å². The molecular formula is C15H26N2O. The Balaban J connectivity index is 1.67. The zero-order valence-electron chi connectivity index (χ0n) is 11.7.